The maximum Gasteiger partial charge on any atom is 0.294 e. The van der Waals surface area contributed by atoms with Crippen LogP contribution in [0.4, 0.5) is 5.69 Å². The Morgan fingerprint density at radius 2 is 1.82 bits per heavy atom. The summed E-state index contributed by atoms with van der Waals surface area (Å²) in [4.78, 5) is 7.74. The van der Waals surface area contributed by atoms with Crippen LogP contribution in [0, 0.1) is 5.92 Å². The zero-order valence-electron chi connectivity index (χ0n) is 22.3. The normalized spacial score (nSPS) is 15.6. The van der Waals surface area contributed by atoms with Crippen LogP contribution in [0.5, 0.6) is 28.2 Å². The smallest absolute Gasteiger partial charge is 0.294 e. The molecule has 0 aliphatic carbocycles. The third-order valence-corrected chi connectivity index (χ3v) is 7.87. The zero-order chi connectivity index (χ0) is 26.9. The molecular formula is C28H30N4O6S. The van der Waals surface area contributed by atoms with E-state index in [9.17, 15) is 0 Å². The van der Waals surface area contributed by atoms with Gasteiger partial charge in [-0.1, -0.05) is 0 Å². The number of nitrogens with zero attached hydrogens (tertiary/aromatic N) is 4. The quantitative estimate of drug-likeness (QED) is 0.235. The van der Waals surface area contributed by atoms with Crippen molar-refractivity contribution in [3.8, 4) is 39.6 Å². The molecule has 0 amide bonds. The summed E-state index contributed by atoms with van der Waals surface area (Å²) in [5.41, 5.74) is 2.43. The van der Waals surface area contributed by atoms with Gasteiger partial charge in [-0.2, -0.15) is 0 Å². The van der Waals surface area contributed by atoms with Gasteiger partial charge in [0.2, 0.25) is 4.96 Å². The molecule has 0 spiro atoms. The lowest BCUT2D eigenvalue weighted by Gasteiger charge is -2.35. The maximum atomic E-state index is 6.43. The number of fused-ring (bicyclic) bond motifs is 2. The third kappa shape index (κ3) is 4.89. The van der Waals surface area contributed by atoms with Gasteiger partial charge in [0, 0.05) is 37.2 Å². The van der Waals surface area contributed by atoms with E-state index in [-0.39, 0.29) is 0 Å². The first-order chi connectivity index (χ1) is 19.1. The van der Waals surface area contributed by atoms with Crippen molar-refractivity contribution in [3.63, 3.8) is 0 Å². The molecule has 0 N–H and O–H groups in total. The molecule has 1 aliphatic rings. The summed E-state index contributed by atoms with van der Waals surface area (Å²) in [6, 6.07) is 11.7. The number of hydrogen-bond acceptors (Lipinski definition) is 10. The molecule has 5 aromatic rings. The Bertz CT molecular complexity index is 1580. The van der Waals surface area contributed by atoms with Crippen LogP contribution in [-0.2, 0) is 0 Å². The highest BCUT2D eigenvalue weighted by molar-refractivity contribution is 7.18. The second-order valence-corrected chi connectivity index (χ2v) is 10.3. The average Bonchev–Trinajstić information content (AvgIpc) is 3.68. The second kappa shape index (κ2) is 10.6. The highest BCUT2D eigenvalue weighted by atomic mass is 32.1. The topological polar surface area (TPSA) is 92.7 Å². The number of furan rings is 1. The van der Waals surface area contributed by atoms with Crippen molar-refractivity contribution in [3.05, 3.63) is 42.6 Å². The number of piperidine rings is 1. The molecule has 2 aromatic carbocycles. The van der Waals surface area contributed by atoms with Gasteiger partial charge in [-0.15, -0.1) is 5.10 Å². The Hall–Kier alpha value is -4.12. The summed E-state index contributed by atoms with van der Waals surface area (Å²) >= 11 is 1.37. The van der Waals surface area contributed by atoms with E-state index in [1.807, 2.05) is 36.5 Å². The molecule has 11 heteroatoms. The van der Waals surface area contributed by atoms with E-state index in [0.717, 1.165) is 59.2 Å². The Balaban J connectivity index is 1.22. The van der Waals surface area contributed by atoms with Crippen molar-refractivity contribution in [2.45, 2.75) is 12.8 Å². The SMILES string of the molecule is COc1ccc(N2CCCC(COc3cc(OC)cc4oc(-c5cn6nc(OC)sc6n5)cc34)C2)c(OC)c1. The molecule has 204 valence electrons. The van der Waals surface area contributed by atoms with E-state index in [0.29, 0.717) is 40.5 Å². The molecule has 1 fully saturated rings. The van der Waals surface area contributed by atoms with Gasteiger partial charge in [-0.05, 0) is 42.4 Å². The van der Waals surface area contributed by atoms with Gasteiger partial charge in [0.25, 0.3) is 5.19 Å². The van der Waals surface area contributed by atoms with Crippen LogP contribution in [0.15, 0.2) is 47.0 Å². The summed E-state index contributed by atoms with van der Waals surface area (Å²) in [6.07, 6.45) is 3.98. The van der Waals surface area contributed by atoms with Gasteiger partial charge in [0.05, 0.1) is 52.3 Å². The second-order valence-electron chi connectivity index (χ2n) is 9.38. The molecule has 3 aromatic heterocycles. The molecule has 10 nitrogen and oxygen atoms in total. The monoisotopic (exact) mass is 550 g/mol. The lowest BCUT2D eigenvalue weighted by molar-refractivity contribution is 0.230. The van der Waals surface area contributed by atoms with E-state index < -0.39 is 0 Å². The third-order valence-electron chi connectivity index (χ3n) is 6.98. The number of ether oxygens (including phenoxy) is 5. The minimum absolute atomic E-state index is 0.346. The standard InChI is InChI=1S/C28H30N4O6S/c1-33-18-7-8-22(26(10-18)35-3)31-9-5-6-17(14-31)16-37-23-11-19(34-2)12-24-20(23)13-25(38-24)21-15-32-27(29-21)39-28(30-32)36-4/h7-8,10-13,15,17H,5-6,9,14,16H2,1-4H3. The van der Waals surface area contributed by atoms with E-state index in [4.69, 9.17) is 28.1 Å². The van der Waals surface area contributed by atoms with Gasteiger partial charge < -0.3 is 33.0 Å². The van der Waals surface area contributed by atoms with Crippen molar-refractivity contribution in [1.82, 2.24) is 14.6 Å². The summed E-state index contributed by atoms with van der Waals surface area (Å²) in [7, 11) is 6.58. The molecule has 1 atom stereocenters. The van der Waals surface area contributed by atoms with E-state index >= 15 is 0 Å². The predicted octanol–water partition coefficient (Wildman–Crippen LogP) is 5.53. The lowest BCUT2D eigenvalue weighted by Crippen LogP contribution is -2.38. The van der Waals surface area contributed by atoms with Crippen LogP contribution in [-0.4, -0.2) is 62.7 Å². The first-order valence-corrected chi connectivity index (χ1v) is 13.5. The van der Waals surface area contributed by atoms with Gasteiger partial charge in [-0.25, -0.2) is 9.50 Å². The summed E-state index contributed by atoms with van der Waals surface area (Å²) in [5, 5.41) is 5.78. The molecule has 0 saturated carbocycles. The van der Waals surface area contributed by atoms with Crippen LogP contribution >= 0.6 is 11.3 Å². The number of benzene rings is 2. The minimum atomic E-state index is 0.346. The number of aromatic nitrogens is 3. The Labute approximate surface area is 229 Å². The summed E-state index contributed by atoms with van der Waals surface area (Å²) in [5.74, 6) is 3.96. The highest BCUT2D eigenvalue weighted by Gasteiger charge is 2.24. The fourth-order valence-corrected chi connectivity index (χ4v) is 5.70. The van der Waals surface area contributed by atoms with Crippen molar-refractivity contribution in [1.29, 1.82) is 0 Å². The van der Waals surface area contributed by atoms with Crippen LogP contribution in [0.3, 0.4) is 0 Å². The van der Waals surface area contributed by atoms with Gasteiger partial charge in [0.1, 0.15) is 34.3 Å². The van der Waals surface area contributed by atoms with Crippen molar-refractivity contribution >= 4 is 33.0 Å². The predicted molar refractivity (Wildman–Crippen MR) is 149 cm³/mol. The van der Waals surface area contributed by atoms with Crippen molar-refractivity contribution < 1.29 is 28.1 Å². The Kier molecular flexibility index (Phi) is 6.82. The molecule has 39 heavy (non-hydrogen) atoms. The molecule has 1 saturated heterocycles. The molecule has 1 unspecified atom stereocenters. The average molecular weight is 551 g/mol. The highest BCUT2D eigenvalue weighted by Crippen LogP contribution is 2.38. The lowest BCUT2D eigenvalue weighted by atomic mass is 9.98. The fraction of sp³-hybridized carbons (Fsp3) is 0.357. The molecule has 6 rings (SSSR count). The largest absolute Gasteiger partial charge is 0.497 e. The number of anilines is 1. The van der Waals surface area contributed by atoms with Crippen LogP contribution in [0.2, 0.25) is 0 Å². The number of rotatable bonds is 9. The minimum Gasteiger partial charge on any atom is -0.497 e. The zero-order valence-corrected chi connectivity index (χ0v) is 23.1. The van der Waals surface area contributed by atoms with E-state index in [1.165, 1.54) is 11.3 Å². The van der Waals surface area contributed by atoms with Crippen molar-refractivity contribution in [2.75, 3.05) is 53.0 Å². The van der Waals surface area contributed by atoms with E-state index in [2.05, 4.69) is 21.0 Å². The first kappa shape index (κ1) is 25.2. The Morgan fingerprint density at radius 1 is 0.974 bits per heavy atom. The van der Waals surface area contributed by atoms with Gasteiger partial charge in [-0.3, -0.25) is 0 Å². The molecule has 0 radical (unpaired) electrons. The summed E-state index contributed by atoms with van der Waals surface area (Å²) < 4.78 is 36.1. The Morgan fingerprint density at radius 3 is 2.59 bits per heavy atom. The van der Waals surface area contributed by atoms with Gasteiger partial charge in [0.15, 0.2) is 5.76 Å². The number of hydrogen-bond donors (Lipinski definition) is 0. The van der Waals surface area contributed by atoms with Crippen LogP contribution in [0.25, 0.3) is 27.4 Å². The summed E-state index contributed by atoms with van der Waals surface area (Å²) in [6.45, 7) is 2.41. The number of imidazole rings is 1. The van der Waals surface area contributed by atoms with Crippen LogP contribution < -0.4 is 28.6 Å². The van der Waals surface area contributed by atoms with Gasteiger partial charge >= 0.3 is 0 Å². The van der Waals surface area contributed by atoms with Crippen molar-refractivity contribution in [2.24, 2.45) is 5.92 Å². The molecule has 4 heterocycles. The van der Waals surface area contributed by atoms with Crippen LogP contribution in [0.1, 0.15) is 12.8 Å². The molecule has 0 bridgehead atoms. The molecule has 1 aliphatic heterocycles. The van der Waals surface area contributed by atoms with E-state index in [1.54, 1.807) is 33.0 Å². The fourth-order valence-electron chi connectivity index (χ4n) is 5.00. The maximum absolute atomic E-state index is 6.43. The molecular weight excluding hydrogens is 520 g/mol. The number of methoxy groups -OCH3 is 4. The first-order valence-electron chi connectivity index (χ1n) is 12.7.